The molecule has 3 heterocycles. The van der Waals surface area contributed by atoms with Crippen molar-refractivity contribution in [3.8, 4) is 0 Å². The zero-order valence-corrected chi connectivity index (χ0v) is 16.0. The van der Waals surface area contributed by atoms with Crippen LogP contribution in [0.5, 0.6) is 0 Å². The number of hydrogen-bond acceptors (Lipinski definition) is 7. The summed E-state index contributed by atoms with van der Waals surface area (Å²) in [5.74, 6) is 0.665. The van der Waals surface area contributed by atoms with Gasteiger partial charge in [-0.1, -0.05) is 11.6 Å². The minimum Gasteiger partial charge on any atom is -0.444 e. The first-order valence-electron chi connectivity index (χ1n) is 9.04. The number of nitrogens with zero attached hydrogens (tertiary/aromatic N) is 4. The normalized spacial score (nSPS) is 22.1. The van der Waals surface area contributed by atoms with Crippen molar-refractivity contribution in [2.75, 3.05) is 31.1 Å². The molecule has 0 spiro atoms. The number of ether oxygens (including phenoxy) is 2. The average molecular weight is 398 g/mol. The predicted molar refractivity (Wildman–Crippen MR) is 98.5 cm³/mol. The number of nitrogens with two attached hydrogens (primary N) is 1. The van der Waals surface area contributed by atoms with Crippen molar-refractivity contribution in [1.82, 2.24) is 14.9 Å². The van der Waals surface area contributed by atoms with Gasteiger partial charge in [-0.2, -0.15) is 0 Å². The number of hydrogen-bond donors (Lipinski definition) is 1. The van der Waals surface area contributed by atoms with Crippen LogP contribution in [0.15, 0.2) is 12.4 Å². The molecule has 27 heavy (non-hydrogen) atoms. The van der Waals surface area contributed by atoms with E-state index in [0.717, 1.165) is 25.9 Å². The maximum absolute atomic E-state index is 12.6. The lowest BCUT2D eigenvalue weighted by Gasteiger charge is -2.36. The number of carbonyl (C=O) groups is 2. The number of aromatic nitrogens is 2. The van der Waals surface area contributed by atoms with Crippen LogP contribution in [0.2, 0.25) is 5.02 Å². The molecule has 0 bridgehead atoms. The smallest absolute Gasteiger partial charge is 0.404 e. The highest BCUT2D eigenvalue weighted by atomic mass is 35.5. The summed E-state index contributed by atoms with van der Waals surface area (Å²) in [6.07, 6.45) is 3.71. The highest BCUT2D eigenvalue weighted by Crippen LogP contribution is 2.25. The molecule has 0 saturated carbocycles. The van der Waals surface area contributed by atoms with E-state index in [1.54, 1.807) is 19.3 Å². The van der Waals surface area contributed by atoms with Crippen molar-refractivity contribution in [2.45, 2.75) is 44.4 Å². The van der Waals surface area contributed by atoms with Crippen LogP contribution < -0.4 is 10.6 Å². The molecule has 9 nitrogen and oxygen atoms in total. The van der Waals surface area contributed by atoms with Crippen LogP contribution in [-0.2, 0) is 14.3 Å². The van der Waals surface area contributed by atoms with Gasteiger partial charge >= 0.3 is 6.09 Å². The van der Waals surface area contributed by atoms with Gasteiger partial charge in [-0.15, -0.1) is 0 Å². The van der Waals surface area contributed by atoms with Gasteiger partial charge in [0.15, 0.2) is 0 Å². The van der Waals surface area contributed by atoms with Crippen LogP contribution in [0.3, 0.4) is 0 Å². The first kappa shape index (κ1) is 19.6. The molecule has 2 N–H and O–H groups in total. The summed E-state index contributed by atoms with van der Waals surface area (Å²) in [5.41, 5.74) is 4.97. The Kier molecular flexibility index (Phi) is 6.33. The lowest BCUT2D eigenvalue weighted by molar-refractivity contribution is -0.140. The van der Waals surface area contributed by atoms with Crippen molar-refractivity contribution in [1.29, 1.82) is 0 Å². The number of amides is 2. The minimum absolute atomic E-state index is 0.00229. The van der Waals surface area contributed by atoms with Gasteiger partial charge in [0.05, 0.1) is 24.0 Å². The minimum atomic E-state index is -0.845. The Morgan fingerprint density at radius 3 is 2.59 bits per heavy atom. The summed E-state index contributed by atoms with van der Waals surface area (Å²) in [5, 5.41) is 0.512. The summed E-state index contributed by atoms with van der Waals surface area (Å²) in [6, 6.07) is 0.189. The third kappa shape index (κ3) is 4.98. The van der Waals surface area contributed by atoms with E-state index in [1.165, 1.54) is 0 Å². The number of primary amides is 1. The molecule has 2 fully saturated rings. The van der Waals surface area contributed by atoms with Crippen molar-refractivity contribution in [3.05, 3.63) is 17.4 Å². The van der Waals surface area contributed by atoms with Gasteiger partial charge in [0, 0.05) is 32.1 Å². The van der Waals surface area contributed by atoms with Gasteiger partial charge in [0.25, 0.3) is 5.91 Å². The fourth-order valence-corrected chi connectivity index (χ4v) is 3.62. The zero-order chi connectivity index (χ0) is 19.4. The van der Waals surface area contributed by atoms with E-state index in [-0.39, 0.29) is 18.6 Å². The number of piperidine rings is 1. The number of rotatable bonds is 6. The van der Waals surface area contributed by atoms with Crippen LogP contribution in [0.1, 0.15) is 26.2 Å². The SMILES string of the molecule is C[C@@H](CO[C@@H]1CCN(C2CCN(c3ncc(Cl)cn3)CC2)C1=O)OC(N)=O. The second-order valence-electron chi connectivity index (χ2n) is 6.81. The highest BCUT2D eigenvalue weighted by Gasteiger charge is 2.38. The standard InChI is InChI=1S/C17H24ClN5O4/c1-11(27-16(19)25)10-26-14-4-7-23(15(14)24)13-2-5-22(6-3-13)17-20-8-12(18)9-21-17/h8-9,11,13-14H,2-7,10H2,1H3,(H2,19,25)/t11-,14+/m0/s1. The molecule has 2 atom stereocenters. The largest absolute Gasteiger partial charge is 0.444 e. The van der Waals surface area contributed by atoms with Crippen molar-refractivity contribution < 1.29 is 19.1 Å². The molecule has 2 aliphatic heterocycles. The number of carbonyl (C=O) groups excluding carboxylic acids is 2. The molecule has 10 heteroatoms. The van der Waals surface area contributed by atoms with E-state index in [2.05, 4.69) is 14.9 Å². The molecular formula is C17H24ClN5O4. The third-order valence-corrected chi connectivity index (χ3v) is 5.03. The Hall–Kier alpha value is -2.13. The molecule has 2 aliphatic rings. The van der Waals surface area contributed by atoms with Crippen LogP contribution >= 0.6 is 11.6 Å². The van der Waals surface area contributed by atoms with Crippen molar-refractivity contribution in [3.63, 3.8) is 0 Å². The molecular weight excluding hydrogens is 374 g/mol. The van der Waals surface area contributed by atoms with Crippen molar-refractivity contribution >= 4 is 29.5 Å². The molecule has 148 valence electrons. The average Bonchev–Trinajstić information content (AvgIpc) is 3.01. The maximum atomic E-state index is 12.6. The van der Waals surface area contributed by atoms with E-state index in [9.17, 15) is 9.59 Å². The second kappa shape index (κ2) is 8.71. The topological polar surface area (TPSA) is 111 Å². The van der Waals surface area contributed by atoms with Gasteiger partial charge in [0.2, 0.25) is 5.95 Å². The molecule has 2 amide bonds. The summed E-state index contributed by atoms with van der Waals surface area (Å²) in [7, 11) is 0. The van der Waals surface area contributed by atoms with Gasteiger partial charge in [-0.3, -0.25) is 4.79 Å². The Labute approximate surface area is 162 Å². The number of halogens is 1. The highest BCUT2D eigenvalue weighted by molar-refractivity contribution is 6.30. The van der Waals surface area contributed by atoms with Gasteiger partial charge in [-0.05, 0) is 19.8 Å². The number of likely N-dealkylation sites (tertiary alicyclic amines) is 1. The van der Waals surface area contributed by atoms with Crippen molar-refractivity contribution in [2.24, 2.45) is 5.73 Å². The Morgan fingerprint density at radius 2 is 1.96 bits per heavy atom. The molecule has 0 radical (unpaired) electrons. The molecule has 3 rings (SSSR count). The maximum Gasteiger partial charge on any atom is 0.404 e. The van der Waals surface area contributed by atoms with Crippen LogP contribution in [0.25, 0.3) is 0 Å². The van der Waals surface area contributed by atoms with Gasteiger partial charge in [-0.25, -0.2) is 14.8 Å². The monoisotopic (exact) mass is 397 g/mol. The van der Waals surface area contributed by atoms with E-state index in [1.807, 2.05) is 4.90 Å². The second-order valence-corrected chi connectivity index (χ2v) is 7.25. The Morgan fingerprint density at radius 1 is 1.30 bits per heavy atom. The Balaban J connectivity index is 1.47. The van der Waals surface area contributed by atoms with Crippen LogP contribution in [0.4, 0.5) is 10.7 Å². The summed E-state index contributed by atoms with van der Waals surface area (Å²) >= 11 is 5.83. The molecule has 1 aromatic rings. The fraction of sp³-hybridized carbons (Fsp3) is 0.647. The van der Waals surface area contributed by atoms with E-state index in [0.29, 0.717) is 23.9 Å². The van der Waals surface area contributed by atoms with Crippen LogP contribution in [-0.4, -0.2) is 71.4 Å². The molecule has 1 aromatic heterocycles. The lowest BCUT2D eigenvalue weighted by Crippen LogP contribution is -2.47. The first-order valence-corrected chi connectivity index (χ1v) is 9.42. The zero-order valence-electron chi connectivity index (χ0n) is 15.2. The summed E-state index contributed by atoms with van der Waals surface area (Å²) in [6.45, 7) is 4.07. The molecule has 0 unspecified atom stereocenters. The molecule has 0 aliphatic carbocycles. The number of anilines is 1. The summed E-state index contributed by atoms with van der Waals surface area (Å²) < 4.78 is 10.4. The van der Waals surface area contributed by atoms with Gasteiger partial charge < -0.3 is 25.0 Å². The van der Waals surface area contributed by atoms with Gasteiger partial charge in [0.1, 0.15) is 12.2 Å². The van der Waals surface area contributed by atoms with E-state index in [4.69, 9.17) is 26.8 Å². The fourth-order valence-electron chi connectivity index (χ4n) is 3.52. The van der Waals surface area contributed by atoms with E-state index < -0.39 is 18.3 Å². The third-order valence-electron chi connectivity index (χ3n) is 4.83. The first-order chi connectivity index (χ1) is 12.9. The molecule has 2 saturated heterocycles. The Bertz CT molecular complexity index is 666. The van der Waals surface area contributed by atoms with Crippen LogP contribution in [0, 0.1) is 0 Å². The van der Waals surface area contributed by atoms with E-state index >= 15 is 0 Å². The molecule has 0 aromatic carbocycles. The quantitative estimate of drug-likeness (QED) is 0.767. The summed E-state index contributed by atoms with van der Waals surface area (Å²) in [4.78, 5) is 35.9. The predicted octanol–water partition coefficient (Wildman–Crippen LogP) is 1.20. The lowest BCUT2D eigenvalue weighted by atomic mass is 10.0.